The van der Waals surface area contributed by atoms with E-state index in [1.165, 1.54) is 23.9 Å². The number of nitrogens with one attached hydrogen (secondary N) is 1. The van der Waals surface area contributed by atoms with Crippen LogP contribution < -0.4 is 5.32 Å². The Morgan fingerprint density at radius 3 is 1.59 bits per heavy atom. The van der Waals surface area contributed by atoms with Gasteiger partial charge in [-0.05, 0) is 78.3 Å². The number of thiocyanates is 1. The second kappa shape index (κ2) is 23.7. The van der Waals surface area contributed by atoms with Crippen molar-refractivity contribution in [2.45, 2.75) is 66.5 Å². The lowest BCUT2D eigenvalue weighted by atomic mass is 10.1. The van der Waals surface area contributed by atoms with Crippen molar-refractivity contribution < 1.29 is 41.3 Å². The van der Waals surface area contributed by atoms with Crippen LogP contribution in [0.25, 0.3) is 0 Å². The average Bonchev–Trinajstić information content (AvgIpc) is 2.94. The van der Waals surface area contributed by atoms with E-state index >= 15 is 0 Å². The molecule has 0 spiro atoms. The molecule has 0 aromatic heterocycles. The summed E-state index contributed by atoms with van der Waals surface area (Å²) in [5.41, 5.74) is 0.139. The molecule has 1 rings (SSSR count). The Bertz CT molecular complexity index is 872. The molecule has 0 saturated heterocycles. The van der Waals surface area contributed by atoms with Crippen molar-refractivity contribution in [3.63, 3.8) is 0 Å². The van der Waals surface area contributed by atoms with Gasteiger partial charge < -0.3 is 37.0 Å². The van der Waals surface area contributed by atoms with Crippen LogP contribution >= 0.6 is 11.8 Å². The number of carboxylic acids is 1. The molecule has 14 heteroatoms. The van der Waals surface area contributed by atoms with Crippen molar-refractivity contribution >= 4 is 41.2 Å². The number of hydrogen-bond acceptors (Lipinski definition) is 10. The molecule has 0 atom stereocenters. The first-order valence-electron chi connectivity index (χ1n) is 14.2. The summed E-state index contributed by atoms with van der Waals surface area (Å²) in [4.78, 5) is 23.4. The molecule has 1 aromatic carbocycles. The molecule has 0 saturated carbocycles. The molecular formula is C27H48N2O9SSi2. The number of nitriles is 1. The van der Waals surface area contributed by atoms with E-state index in [4.69, 9.17) is 36.9 Å². The van der Waals surface area contributed by atoms with Gasteiger partial charge in [-0.15, -0.1) is 0 Å². The minimum atomic E-state index is -2.72. The fraction of sp³-hybridized carbons (Fsp3) is 0.667. The first-order valence-corrected chi connectivity index (χ1v) is 19.0. The number of aromatic carboxylic acids is 1. The molecule has 0 unspecified atom stereocenters. The van der Waals surface area contributed by atoms with E-state index in [9.17, 15) is 9.59 Å². The third-order valence-corrected chi connectivity index (χ3v) is 12.3. The summed E-state index contributed by atoms with van der Waals surface area (Å²) < 4.78 is 34.3. The van der Waals surface area contributed by atoms with E-state index in [0.717, 1.165) is 18.2 Å². The summed E-state index contributed by atoms with van der Waals surface area (Å²) >= 11 is 1.26. The summed E-state index contributed by atoms with van der Waals surface area (Å²) in [5, 5.41) is 22.4. The summed E-state index contributed by atoms with van der Waals surface area (Å²) in [6.07, 6.45) is 1.51. The van der Waals surface area contributed by atoms with Crippen molar-refractivity contribution in [1.82, 2.24) is 5.32 Å². The zero-order valence-electron chi connectivity index (χ0n) is 25.4. The Kier molecular flexibility index (Phi) is 22.7. The zero-order valence-corrected chi connectivity index (χ0v) is 28.2. The Balaban J connectivity index is 0.000000865. The number of carboxylic acid groups (broad SMARTS) is 1. The molecule has 0 aliphatic carbocycles. The van der Waals surface area contributed by atoms with E-state index in [1.54, 1.807) is 12.1 Å². The summed E-state index contributed by atoms with van der Waals surface area (Å²) in [7, 11) is -5.19. The van der Waals surface area contributed by atoms with E-state index in [1.807, 2.05) is 41.5 Å². The topological polar surface area (TPSA) is 146 Å². The van der Waals surface area contributed by atoms with Crippen LogP contribution in [0.4, 0.5) is 0 Å². The highest BCUT2D eigenvalue weighted by Crippen LogP contribution is 2.20. The molecule has 0 heterocycles. The fourth-order valence-corrected chi connectivity index (χ4v) is 9.74. The van der Waals surface area contributed by atoms with Crippen LogP contribution in [0, 0.1) is 10.7 Å². The molecule has 0 radical (unpaired) electrons. The molecule has 0 aliphatic rings. The van der Waals surface area contributed by atoms with Gasteiger partial charge in [0.05, 0.1) is 11.1 Å². The number of rotatable bonds is 22. The van der Waals surface area contributed by atoms with E-state index in [0.29, 0.717) is 58.7 Å². The van der Waals surface area contributed by atoms with Gasteiger partial charge in [0.1, 0.15) is 5.40 Å². The summed E-state index contributed by atoms with van der Waals surface area (Å²) in [6, 6.07) is 7.51. The molecular weight excluding hydrogens is 585 g/mol. The number of benzene rings is 1. The Morgan fingerprint density at radius 1 is 0.780 bits per heavy atom. The van der Waals surface area contributed by atoms with Crippen LogP contribution in [-0.2, 0) is 26.6 Å². The lowest BCUT2D eigenvalue weighted by molar-refractivity contribution is 0.0688. The number of carbonyl (C=O) groups excluding carboxylic acids is 1. The van der Waals surface area contributed by atoms with Crippen molar-refractivity contribution in [3.05, 3.63) is 35.4 Å². The SMILES string of the molecule is CCO[Si](CCCNC(=O)c1ccccc1C(=O)O)(OCC)OCC.CCO[Si](CCCSC#N)(OCC)OCC. The van der Waals surface area contributed by atoms with Crippen LogP contribution in [0.15, 0.2) is 24.3 Å². The quantitative estimate of drug-likeness (QED) is 0.0989. The maximum absolute atomic E-state index is 12.2. The van der Waals surface area contributed by atoms with E-state index in [-0.39, 0.29) is 11.1 Å². The molecule has 1 amide bonds. The van der Waals surface area contributed by atoms with Crippen LogP contribution in [0.1, 0.15) is 75.1 Å². The third-order valence-electron chi connectivity index (χ3n) is 5.33. The van der Waals surface area contributed by atoms with Gasteiger partial charge in [-0.3, -0.25) is 4.79 Å². The van der Waals surface area contributed by atoms with E-state index in [2.05, 4.69) is 10.7 Å². The van der Waals surface area contributed by atoms with Crippen molar-refractivity contribution in [2.24, 2.45) is 0 Å². The van der Waals surface area contributed by atoms with Gasteiger partial charge >= 0.3 is 23.6 Å². The predicted octanol–water partition coefficient (Wildman–Crippen LogP) is 5.19. The molecule has 11 nitrogen and oxygen atoms in total. The van der Waals surface area contributed by atoms with Gasteiger partial charge in [-0.2, -0.15) is 5.26 Å². The highest BCUT2D eigenvalue weighted by molar-refractivity contribution is 8.03. The average molecular weight is 633 g/mol. The lowest BCUT2D eigenvalue weighted by Gasteiger charge is -2.28. The highest BCUT2D eigenvalue weighted by atomic mass is 32.2. The Morgan fingerprint density at radius 2 is 1.20 bits per heavy atom. The van der Waals surface area contributed by atoms with E-state index < -0.39 is 29.5 Å². The Hall–Kier alpha value is -1.81. The molecule has 1 aromatic rings. The molecule has 0 aliphatic heterocycles. The first-order chi connectivity index (χ1) is 19.7. The zero-order chi connectivity index (χ0) is 31.0. The van der Waals surface area contributed by atoms with Gasteiger partial charge in [0, 0.05) is 64.0 Å². The Labute approximate surface area is 251 Å². The number of thioether (sulfide) groups is 1. The molecule has 2 N–H and O–H groups in total. The molecule has 41 heavy (non-hydrogen) atoms. The molecule has 0 fully saturated rings. The van der Waals surface area contributed by atoms with Gasteiger partial charge in [0.2, 0.25) is 0 Å². The largest absolute Gasteiger partial charge is 0.500 e. The van der Waals surface area contributed by atoms with Gasteiger partial charge in [-0.1, -0.05) is 12.1 Å². The predicted molar refractivity (Wildman–Crippen MR) is 164 cm³/mol. The normalized spacial score (nSPS) is 11.3. The van der Waals surface area contributed by atoms with Gasteiger partial charge in [0.25, 0.3) is 5.91 Å². The summed E-state index contributed by atoms with van der Waals surface area (Å²) in [5.74, 6) is -0.728. The fourth-order valence-electron chi connectivity index (χ4n) is 3.88. The van der Waals surface area contributed by atoms with Crippen LogP contribution in [0.5, 0.6) is 0 Å². The van der Waals surface area contributed by atoms with Crippen molar-refractivity contribution in [1.29, 1.82) is 5.26 Å². The van der Waals surface area contributed by atoms with Gasteiger partial charge in [-0.25, -0.2) is 4.79 Å². The maximum Gasteiger partial charge on any atom is 0.500 e. The van der Waals surface area contributed by atoms with Crippen molar-refractivity contribution in [3.8, 4) is 5.40 Å². The van der Waals surface area contributed by atoms with Crippen molar-refractivity contribution in [2.75, 3.05) is 51.9 Å². The smallest absolute Gasteiger partial charge is 0.478 e. The van der Waals surface area contributed by atoms with Crippen LogP contribution in [-0.4, -0.2) is 86.5 Å². The minimum Gasteiger partial charge on any atom is -0.478 e. The minimum absolute atomic E-state index is 0.0123. The number of hydrogen-bond donors (Lipinski definition) is 2. The number of carbonyl (C=O) groups is 2. The van der Waals surface area contributed by atoms with Gasteiger partial charge in [0.15, 0.2) is 0 Å². The first kappa shape index (κ1) is 39.2. The summed E-state index contributed by atoms with van der Waals surface area (Å²) in [6.45, 7) is 15.2. The maximum atomic E-state index is 12.2. The van der Waals surface area contributed by atoms with Crippen LogP contribution in [0.2, 0.25) is 12.1 Å². The third kappa shape index (κ3) is 15.8. The number of amides is 1. The monoisotopic (exact) mass is 632 g/mol. The van der Waals surface area contributed by atoms with Crippen LogP contribution in [0.3, 0.4) is 0 Å². The molecule has 234 valence electrons. The highest BCUT2D eigenvalue weighted by Gasteiger charge is 2.40. The molecule has 0 bridgehead atoms. The number of nitrogens with zero attached hydrogens (tertiary/aromatic N) is 1. The standard InChI is InChI=1S/C17H27NO6Si.C10H21NO3SSi/c1-4-22-25(23-5-2,24-6-3)13-9-12-18-16(19)14-10-7-8-11-15(14)17(20)21;1-4-12-16(13-5-2,14-6-3)9-7-8-15-10-11/h7-8,10-11H,4-6,9,12-13H2,1-3H3,(H,18,19)(H,20,21);4-9H2,1-3H3. The lowest BCUT2D eigenvalue weighted by Crippen LogP contribution is -2.46. The second-order valence-corrected chi connectivity index (χ2v) is 14.6. The second-order valence-electron chi connectivity index (χ2n) is 8.22.